The molecule has 8 heteroatoms. The number of ether oxygens (including phenoxy) is 2. The molecule has 0 radical (unpaired) electrons. The Morgan fingerprint density at radius 1 is 1.24 bits per heavy atom. The Kier molecular flexibility index (Phi) is 6.30. The Balaban J connectivity index is 2.21. The second kappa shape index (κ2) is 8.65. The summed E-state index contributed by atoms with van der Waals surface area (Å²) >= 11 is 0. The number of methoxy groups -OCH3 is 1. The third-order valence-corrected chi connectivity index (χ3v) is 3.41. The molecule has 2 aromatic rings. The molecule has 0 saturated heterocycles. The van der Waals surface area contributed by atoms with Crippen LogP contribution in [0.25, 0.3) is 0 Å². The lowest BCUT2D eigenvalue weighted by Crippen LogP contribution is -2.34. The van der Waals surface area contributed by atoms with Gasteiger partial charge in [-0.2, -0.15) is 0 Å². The van der Waals surface area contributed by atoms with Gasteiger partial charge in [0.05, 0.1) is 36.9 Å². The number of benzene rings is 2. The van der Waals surface area contributed by atoms with Crippen LogP contribution in [0.5, 0.6) is 5.75 Å². The molecule has 0 aliphatic rings. The Hall–Kier alpha value is -3.13. The largest absolute Gasteiger partial charge is 0.494 e. The molecule has 1 N–H and O–H groups in total. The molecule has 1 amide bonds. The highest BCUT2D eigenvalue weighted by Gasteiger charge is 2.22. The van der Waals surface area contributed by atoms with Gasteiger partial charge in [0.25, 0.3) is 5.69 Å². The number of carbonyl (C=O) groups excluding carboxylic acids is 1. The van der Waals surface area contributed by atoms with E-state index in [2.05, 4.69) is 0 Å². The van der Waals surface area contributed by atoms with E-state index in [4.69, 9.17) is 9.47 Å². The van der Waals surface area contributed by atoms with Crippen LogP contribution < -0.4 is 9.64 Å². The number of aliphatic hydroxyl groups is 1. The van der Waals surface area contributed by atoms with Crippen molar-refractivity contribution in [3.05, 3.63) is 64.2 Å². The van der Waals surface area contributed by atoms with Crippen LogP contribution in [0, 0.1) is 10.1 Å². The van der Waals surface area contributed by atoms with Crippen LogP contribution in [0.2, 0.25) is 0 Å². The zero-order chi connectivity index (χ0) is 18.2. The lowest BCUT2D eigenvalue weighted by Gasteiger charge is -2.23. The summed E-state index contributed by atoms with van der Waals surface area (Å²) in [6.07, 6.45) is -0.690. The van der Waals surface area contributed by atoms with Crippen molar-refractivity contribution in [3.8, 4) is 5.75 Å². The number of nitro benzene ring substituents is 1. The number of aliphatic hydroxyl groups excluding tert-OH is 1. The van der Waals surface area contributed by atoms with Crippen LogP contribution in [-0.2, 0) is 11.3 Å². The van der Waals surface area contributed by atoms with Crippen molar-refractivity contribution in [2.75, 3.05) is 25.2 Å². The third-order valence-electron chi connectivity index (χ3n) is 3.41. The maximum Gasteiger partial charge on any atom is 0.414 e. The van der Waals surface area contributed by atoms with Crippen LogP contribution in [0.15, 0.2) is 48.5 Å². The number of carbonyl (C=O) groups is 1. The molecule has 8 nitrogen and oxygen atoms in total. The van der Waals surface area contributed by atoms with Crippen molar-refractivity contribution in [2.45, 2.75) is 6.61 Å². The van der Waals surface area contributed by atoms with Crippen LogP contribution in [0.1, 0.15) is 5.56 Å². The number of anilines is 1. The zero-order valence-electron chi connectivity index (χ0n) is 13.6. The molecule has 2 rings (SSSR count). The Morgan fingerprint density at radius 2 is 1.96 bits per heavy atom. The SMILES string of the molecule is COc1cc([N+](=O)[O-])ccc1N(CCO)C(=O)OCc1ccccc1. The van der Waals surface area contributed by atoms with Gasteiger partial charge in [0.1, 0.15) is 12.4 Å². The van der Waals surface area contributed by atoms with Gasteiger partial charge < -0.3 is 14.6 Å². The molecule has 0 saturated carbocycles. The lowest BCUT2D eigenvalue weighted by molar-refractivity contribution is -0.384. The van der Waals surface area contributed by atoms with Crippen LogP contribution in [0.3, 0.4) is 0 Å². The minimum absolute atomic E-state index is 0.0399. The molecule has 132 valence electrons. The smallest absolute Gasteiger partial charge is 0.414 e. The number of rotatable bonds is 7. The molecule has 0 unspecified atom stereocenters. The Labute approximate surface area is 144 Å². The summed E-state index contributed by atoms with van der Waals surface area (Å²) in [5, 5.41) is 20.1. The van der Waals surface area contributed by atoms with Crippen molar-refractivity contribution in [2.24, 2.45) is 0 Å². The van der Waals surface area contributed by atoms with Gasteiger partial charge >= 0.3 is 6.09 Å². The number of non-ortho nitro benzene ring substituents is 1. The van der Waals surface area contributed by atoms with E-state index < -0.39 is 11.0 Å². The molecular weight excluding hydrogens is 328 g/mol. The molecule has 0 atom stereocenters. The Morgan fingerprint density at radius 3 is 2.56 bits per heavy atom. The monoisotopic (exact) mass is 346 g/mol. The first-order chi connectivity index (χ1) is 12.1. The predicted octanol–water partition coefficient (Wildman–Crippen LogP) is 2.74. The van der Waals surface area contributed by atoms with E-state index in [0.717, 1.165) is 5.56 Å². The van der Waals surface area contributed by atoms with Crippen LogP contribution in [0.4, 0.5) is 16.2 Å². The predicted molar refractivity (Wildman–Crippen MR) is 90.7 cm³/mol. The fourth-order valence-electron chi connectivity index (χ4n) is 2.21. The van der Waals surface area contributed by atoms with Gasteiger partial charge in [-0.25, -0.2) is 4.79 Å². The molecule has 0 heterocycles. The molecule has 0 aromatic heterocycles. The molecule has 0 fully saturated rings. The first kappa shape index (κ1) is 18.2. The molecule has 2 aromatic carbocycles. The average molecular weight is 346 g/mol. The highest BCUT2D eigenvalue weighted by atomic mass is 16.6. The topological polar surface area (TPSA) is 102 Å². The minimum atomic E-state index is -0.690. The maximum absolute atomic E-state index is 12.4. The van der Waals surface area contributed by atoms with E-state index >= 15 is 0 Å². The number of hydrogen-bond donors (Lipinski definition) is 1. The van der Waals surface area contributed by atoms with Gasteiger partial charge in [0.15, 0.2) is 0 Å². The van der Waals surface area contributed by atoms with Gasteiger partial charge in [0, 0.05) is 6.07 Å². The van der Waals surface area contributed by atoms with E-state index in [1.807, 2.05) is 30.3 Å². The summed E-state index contributed by atoms with van der Waals surface area (Å²) in [6, 6.07) is 13.0. The van der Waals surface area contributed by atoms with Crippen molar-refractivity contribution < 1.29 is 24.3 Å². The van der Waals surface area contributed by atoms with Gasteiger partial charge in [-0.3, -0.25) is 15.0 Å². The molecular formula is C17H18N2O6. The van der Waals surface area contributed by atoms with E-state index in [0.29, 0.717) is 0 Å². The summed E-state index contributed by atoms with van der Waals surface area (Å²) in [5.41, 5.74) is 0.929. The molecule has 25 heavy (non-hydrogen) atoms. The van der Waals surface area contributed by atoms with Gasteiger partial charge in [0.2, 0.25) is 0 Å². The number of nitrogens with zero attached hydrogens (tertiary/aromatic N) is 2. The van der Waals surface area contributed by atoms with Gasteiger partial charge in [-0.05, 0) is 11.6 Å². The standard InChI is InChI=1S/C17H18N2O6/c1-24-16-11-14(19(22)23)7-8-15(16)18(9-10-20)17(21)25-12-13-5-3-2-4-6-13/h2-8,11,20H,9-10,12H2,1H3. The fraction of sp³-hybridized carbons (Fsp3) is 0.235. The Bertz CT molecular complexity index is 735. The second-order valence-corrected chi connectivity index (χ2v) is 5.03. The summed E-state index contributed by atoms with van der Waals surface area (Å²) in [7, 11) is 1.34. The summed E-state index contributed by atoms with van der Waals surface area (Å²) in [4.78, 5) is 23.9. The lowest BCUT2D eigenvalue weighted by atomic mass is 10.2. The normalized spacial score (nSPS) is 10.2. The van der Waals surface area contributed by atoms with Crippen LogP contribution >= 0.6 is 0 Å². The van der Waals surface area contributed by atoms with E-state index in [9.17, 15) is 20.0 Å². The molecule has 0 aliphatic heterocycles. The van der Waals surface area contributed by atoms with E-state index in [1.54, 1.807) is 0 Å². The average Bonchev–Trinajstić information content (AvgIpc) is 2.64. The number of hydrogen-bond acceptors (Lipinski definition) is 6. The van der Waals surface area contributed by atoms with Gasteiger partial charge in [-0.1, -0.05) is 30.3 Å². The molecule has 0 bridgehead atoms. The van der Waals surface area contributed by atoms with Crippen LogP contribution in [-0.4, -0.2) is 36.4 Å². The van der Waals surface area contributed by atoms with Crippen molar-refractivity contribution >= 4 is 17.5 Å². The summed E-state index contributed by atoms with van der Waals surface area (Å²) < 4.78 is 10.4. The first-order valence-corrected chi connectivity index (χ1v) is 7.48. The zero-order valence-corrected chi connectivity index (χ0v) is 13.6. The summed E-state index contributed by atoms with van der Waals surface area (Å²) in [5.74, 6) is 0.138. The maximum atomic E-state index is 12.4. The fourth-order valence-corrected chi connectivity index (χ4v) is 2.21. The number of nitro groups is 1. The van der Waals surface area contributed by atoms with E-state index in [-0.39, 0.29) is 36.9 Å². The third kappa shape index (κ3) is 4.67. The minimum Gasteiger partial charge on any atom is -0.494 e. The molecule has 0 aliphatic carbocycles. The highest BCUT2D eigenvalue weighted by Crippen LogP contribution is 2.32. The first-order valence-electron chi connectivity index (χ1n) is 7.48. The highest BCUT2D eigenvalue weighted by molar-refractivity contribution is 5.90. The van der Waals surface area contributed by atoms with Crippen molar-refractivity contribution in [3.63, 3.8) is 0 Å². The van der Waals surface area contributed by atoms with Crippen molar-refractivity contribution in [1.29, 1.82) is 0 Å². The molecule has 0 spiro atoms. The summed E-state index contributed by atoms with van der Waals surface area (Å²) in [6.45, 7) is -0.279. The number of amides is 1. The quantitative estimate of drug-likeness (QED) is 0.611. The van der Waals surface area contributed by atoms with Gasteiger partial charge in [-0.15, -0.1) is 0 Å². The van der Waals surface area contributed by atoms with Crippen molar-refractivity contribution in [1.82, 2.24) is 0 Å². The second-order valence-electron chi connectivity index (χ2n) is 5.03. The van der Waals surface area contributed by atoms with E-state index in [1.165, 1.54) is 30.2 Å².